The molecule has 0 aliphatic heterocycles. The number of hydrogen-bond acceptors (Lipinski definition) is 5. The van der Waals surface area contributed by atoms with Crippen molar-refractivity contribution in [3.8, 4) is 0 Å². The summed E-state index contributed by atoms with van der Waals surface area (Å²) >= 11 is 3.29. The van der Waals surface area contributed by atoms with Gasteiger partial charge in [-0.05, 0) is 85.2 Å². The molecule has 0 spiro atoms. The normalized spacial score (nSPS) is 11.2. The molecular weight excluding hydrogens is 454 g/mol. The van der Waals surface area contributed by atoms with Gasteiger partial charge in [0.1, 0.15) is 11.6 Å². The third-order valence-corrected chi connectivity index (χ3v) is 6.45. The largest absolute Gasteiger partial charge is 0.481 e. The summed E-state index contributed by atoms with van der Waals surface area (Å²) in [6, 6.07) is 12.8. The molecular formula is C24H30F2O4S2. The van der Waals surface area contributed by atoms with E-state index < -0.39 is 5.97 Å². The topological polar surface area (TPSA) is 63.6 Å². The monoisotopic (exact) mass is 484 g/mol. The molecule has 4 nitrogen and oxygen atoms in total. The van der Waals surface area contributed by atoms with Gasteiger partial charge in [-0.3, -0.25) is 9.59 Å². The van der Waals surface area contributed by atoms with E-state index >= 15 is 0 Å². The third kappa shape index (κ3) is 14.1. The number of carbonyl (C=O) groups excluding carboxylic acids is 1. The zero-order valence-corrected chi connectivity index (χ0v) is 20.0. The molecule has 2 aromatic carbocycles. The first-order valence-corrected chi connectivity index (χ1v) is 12.3. The Morgan fingerprint density at radius 3 is 1.88 bits per heavy atom. The van der Waals surface area contributed by atoms with Crippen LogP contribution in [0, 0.1) is 17.6 Å². The number of halogens is 2. The quantitative estimate of drug-likeness (QED) is 0.206. The van der Waals surface area contributed by atoms with Gasteiger partial charge >= 0.3 is 11.9 Å². The second-order valence-corrected chi connectivity index (χ2v) is 9.47. The fraction of sp³-hybridized carbons (Fsp3) is 0.417. The highest BCUT2D eigenvalue weighted by molar-refractivity contribution is 7.99. The van der Waals surface area contributed by atoms with Crippen LogP contribution in [0.15, 0.2) is 58.3 Å². The van der Waals surface area contributed by atoms with E-state index in [0.717, 1.165) is 34.1 Å². The van der Waals surface area contributed by atoms with Gasteiger partial charge in [0.05, 0.1) is 7.11 Å². The molecule has 1 atom stereocenters. The lowest BCUT2D eigenvalue weighted by atomic mass is 10.1. The Morgan fingerprint density at radius 1 is 0.906 bits per heavy atom. The summed E-state index contributed by atoms with van der Waals surface area (Å²) < 4.78 is 29.8. The van der Waals surface area contributed by atoms with Crippen LogP contribution in [-0.4, -0.2) is 35.7 Å². The zero-order valence-electron chi connectivity index (χ0n) is 18.4. The highest BCUT2D eigenvalue weighted by atomic mass is 32.2. The maximum Gasteiger partial charge on any atom is 0.305 e. The Bertz CT molecular complexity index is 799. The maximum absolute atomic E-state index is 12.7. The van der Waals surface area contributed by atoms with E-state index in [1.807, 2.05) is 6.92 Å². The van der Waals surface area contributed by atoms with Crippen molar-refractivity contribution in [1.82, 2.24) is 0 Å². The van der Waals surface area contributed by atoms with E-state index in [4.69, 9.17) is 5.11 Å². The number of esters is 1. The molecule has 0 heterocycles. The minimum Gasteiger partial charge on any atom is -0.481 e. The zero-order chi connectivity index (χ0) is 23.8. The fourth-order valence-corrected chi connectivity index (χ4v) is 4.47. The van der Waals surface area contributed by atoms with Crippen LogP contribution in [0.3, 0.4) is 0 Å². The van der Waals surface area contributed by atoms with E-state index in [1.165, 1.54) is 31.4 Å². The summed E-state index contributed by atoms with van der Waals surface area (Å²) in [4.78, 5) is 23.3. The summed E-state index contributed by atoms with van der Waals surface area (Å²) in [5, 5.41) is 8.41. The average Bonchev–Trinajstić information content (AvgIpc) is 2.76. The molecule has 0 aromatic heterocycles. The minimum atomic E-state index is -0.748. The number of carboxylic acids is 1. The Morgan fingerprint density at radius 2 is 1.41 bits per heavy atom. The maximum atomic E-state index is 12.7. The summed E-state index contributed by atoms with van der Waals surface area (Å²) in [5.41, 5.74) is 0. The lowest BCUT2D eigenvalue weighted by Crippen LogP contribution is -2.07. The second-order valence-electron chi connectivity index (χ2n) is 7.13. The van der Waals surface area contributed by atoms with Gasteiger partial charge in [0.2, 0.25) is 0 Å². The average molecular weight is 485 g/mol. The van der Waals surface area contributed by atoms with Gasteiger partial charge < -0.3 is 9.84 Å². The van der Waals surface area contributed by atoms with Gasteiger partial charge in [-0.2, -0.15) is 0 Å². The number of carbonyl (C=O) groups is 2. The van der Waals surface area contributed by atoms with Crippen molar-refractivity contribution < 1.29 is 28.2 Å². The summed E-state index contributed by atoms with van der Waals surface area (Å²) in [7, 11) is 1.41. The number of benzene rings is 2. The number of rotatable bonds is 12. The van der Waals surface area contributed by atoms with Crippen molar-refractivity contribution in [2.24, 2.45) is 5.92 Å². The van der Waals surface area contributed by atoms with Gasteiger partial charge in [-0.25, -0.2) is 8.78 Å². The Balaban J connectivity index is 0.000000323. The van der Waals surface area contributed by atoms with Crippen LogP contribution in [0.1, 0.15) is 39.0 Å². The van der Waals surface area contributed by atoms with E-state index in [-0.39, 0.29) is 24.0 Å². The molecule has 1 N–H and O–H groups in total. The molecule has 0 bridgehead atoms. The first-order valence-electron chi connectivity index (χ1n) is 10.4. The highest BCUT2D eigenvalue weighted by Gasteiger charge is 2.09. The predicted molar refractivity (Wildman–Crippen MR) is 126 cm³/mol. The van der Waals surface area contributed by atoms with Crippen LogP contribution in [0.4, 0.5) is 8.78 Å². The van der Waals surface area contributed by atoms with Gasteiger partial charge in [0.25, 0.3) is 0 Å². The number of carboxylic acid groups (broad SMARTS) is 1. The van der Waals surface area contributed by atoms with E-state index in [9.17, 15) is 18.4 Å². The number of methoxy groups -OCH3 is 1. The number of unbranched alkanes of at least 4 members (excludes halogenated alkanes) is 1. The number of thioether (sulfide) groups is 2. The van der Waals surface area contributed by atoms with E-state index in [0.29, 0.717) is 18.8 Å². The van der Waals surface area contributed by atoms with Crippen LogP contribution in [0.5, 0.6) is 0 Å². The molecule has 0 aliphatic rings. The van der Waals surface area contributed by atoms with Crippen LogP contribution in [0.2, 0.25) is 0 Å². The fourth-order valence-electron chi connectivity index (χ4n) is 2.48. The standard InChI is InChI=1S/C13H17FO2S.C11H13FO2S/c1-10(9-13(15)16-2)7-8-17-12-5-3-11(14)4-6-12;12-9-4-6-10(7-5-9)15-8-2-1-3-11(13)14/h3-6,10H,7-9H2,1-2H3;4-7H,1-3,8H2,(H,13,14). The van der Waals surface area contributed by atoms with Crippen LogP contribution in [0.25, 0.3) is 0 Å². The molecule has 0 fully saturated rings. The summed E-state index contributed by atoms with van der Waals surface area (Å²) in [6.07, 6.45) is 3.19. The Labute approximate surface area is 197 Å². The molecule has 0 saturated carbocycles. The summed E-state index contributed by atoms with van der Waals surface area (Å²) in [6.45, 7) is 2.03. The van der Waals surface area contributed by atoms with Crippen molar-refractivity contribution in [1.29, 1.82) is 0 Å². The minimum absolute atomic E-state index is 0.163. The third-order valence-electron chi connectivity index (χ3n) is 4.30. The highest BCUT2D eigenvalue weighted by Crippen LogP contribution is 2.22. The first-order chi connectivity index (χ1) is 15.3. The second kappa shape index (κ2) is 16.6. The molecule has 0 radical (unpaired) electrons. The molecule has 32 heavy (non-hydrogen) atoms. The lowest BCUT2D eigenvalue weighted by Gasteiger charge is -2.09. The molecule has 176 valence electrons. The molecule has 2 aromatic rings. The Hall–Kier alpha value is -2.06. The number of aliphatic carboxylic acids is 1. The molecule has 8 heteroatoms. The van der Waals surface area contributed by atoms with Crippen molar-refractivity contribution in [3.05, 3.63) is 60.2 Å². The van der Waals surface area contributed by atoms with Gasteiger partial charge in [0.15, 0.2) is 0 Å². The van der Waals surface area contributed by atoms with Crippen LogP contribution in [-0.2, 0) is 14.3 Å². The molecule has 1 unspecified atom stereocenters. The molecule has 0 saturated heterocycles. The van der Waals surface area contributed by atoms with Crippen molar-refractivity contribution >= 4 is 35.5 Å². The predicted octanol–water partition coefficient (Wildman–Crippen LogP) is 6.68. The van der Waals surface area contributed by atoms with Crippen molar-refractivity contribution in [2.45, 2.75) is 48.8 Å². The Kier molecular flexibility index (Phi) is 14.5. The smallest absolute Gasteiger partial charge is 0.305 e. The molecule has 0 amide bonds. The van der Waals surface area contributed by atoms with Gasteiger partial charge in [-0.1, -0.05) is 6.92 Å². The first kappa shape index (κ1) is 28.0. The van der Waals surface area contributed by atoms with E-state index in [1.54, 1.807) is 47.8 Å². The number of ether oxygens (including phenoxy) is 1. The molecule has 0 aliphatic carbocycles. The lowest BCUT2D eigenvalue weighted by molar-refractivity contribution is -0.141. The summed E-state index contributed by atoms with van der Waals surface area (Å²) in [5.74, 6) is 0.753. The van der Waals surface area contributed by atoms with Crippen molar-refractivity contribution in [2.75, 3.05) is 18.6 Å². The van der Waals surface area contributed by atoms with Crippen molar-refractivity contribution in [3.63, 3.8) is 0 Å². The van der Waals surface area contributed by atoms with Gasteiger partial charge in [-0.15, -0.1) is 23.5 Å². The molecule has 2 rings (SSSR count). The van der Waals surface area contributed by atoms with Crippen LogP contribution >= 0.6 is 23.5 Å². The number of hydrogen-bond donors (Lipinski definition) is 1. The van der Waals surface area contributed by atoms with Gasteiger partial charge in [0, 0.05) is 22.6 Å². The van der Waals surface area contributed by atoms with E-state index in [2.05, 4.69) is 4.74 Å². The van der Waals surface area contributed by atoms with Crippen LogP contribution < -0.4 is 0 Å². The SMILES string of the molecule is COC(=O)CC(C)CCSc1ccc(F)cc1.O=C(O)CCCCSc1ccc(F)cc1.